The Morgan fingerprint density at radius 1 is 1.02 bits per heavy atom. The molecule has 1 saturated heterocycles. The Balaban J connectivity index is 1.57. The molecule has 4 aromatic rings. The number of aromatic nitrogens is 2. The van der Waals surface area contributed by atoms with Crippen molar-refractivity contribution in [1.82, 2.24) is 10.2 Å². The summed E-state index contributed by atoms with van der Waals surface area (Å²) in [5.74, 6) is -0.908. The molecule has 1 aliphatic rings. The van der Waals surface area contributed by atoms with Crippen LogP contribution in [-0.2, 0) is 15.3 Å². The van der Waals surface area contributed by atoms with Crippen LogP contribution in [0.2, 0.25) is 5.02 Å². The van der Waals surface area contributed by atoms with Gasteiger partial charge in [0.15, 0.2) is 15.8 Å². The van der Waals surface area contributed by atoms with Crippen LogP contribution in [0.5, 0.6) is 11.5 Å². The summed E-state index contributed by atoms with van der Waals surface area (Å²) in [5, 5.41) is 20.5. The maximum absolute atomic E-state index is 13.6. The molecule has 0 bridgehead atoms. The summed E-state index contributed by atoms with van der Waals surface area (Å²) in [6, 6.07) is 16.6. The number of ketones is 1. The molecule has 0 saturated carbocycles. The number of halogens is 2. The number of carbonyl (C=O) groups excluding carboxylic acids is 2. The van der Waals surface area contributed by atoms with Crippen molar-refractivity contribution in [2.24, 2.45) is 0 Å². The Kier molecular flexibility index (Phi) is 9.64. The standard InChI is InChI=1S/C31H27ClFN3O5S2/c1-3-15-41-23-14-9-20(16-24(23)40-4-2)26-25(27(37)19-7-10-21(32)11-8-19)28(38)29(39)36(26)30-34-35-31(43-30)42-17-18-5-12-22(33)13-6-18/h5-14,16,26,37H,3-4,15,17H2,1-2H3/b27-25+. The van der Waals surface area contributed by atoms with Gasteiger partial charge in [0, 0.05) is 16.3 Å². The number of hydrogen-bond acceptors (Lipinski definition) is 9. The van der Waals surface area contributed by atoms with Crippen molar-refractivity contribution in [1.29, 1.82) is 0 Å². The topological polar surface area (TPSA) is 102 Å². The van der Waals surface area contributed by atoms with E-state index in [9.17, 15) is 19.1 Å². The van der Waals surface area contributed by atoms with E-state index in [4.69, 9.17) is 21.1 Å². The molecule has 0 radical (unpaired) electrons. The van der Waals surface area contributed by atoms with Crippen LogP contribution in [0.4, 0.5) is 9.52 Å². The van der Waals surface area contributed by atoms with Gasteiger partial charge in [-0.15, -0.1) is 10.2 Å². The maximum Gasteiger partial charge on any atom is 0.301 e. The molecule has 1 N–H and O–H groups in total. The number of hydrogen-bond donors (Lipinski definition) is 1. The van der Waals surface area contributed by atoms with Crippen molar-refractivity contribution in [3.8, 4) is 11.5 Å². The van der Waals surface area contributed by atoms with Gasteiger partial charge in [-0.2, -0.15) is 0 Å². The largest absolute Gasteiger partial charge is 0.507 e. The quantitative estimate of drug-likeness (QED) is 0.0594. The van der Waals surface area contributed by atoms with Gasteiger partial charge in [-0.3, -0.25) is 14.5 Å². The predicted molar refractivity (Wildman–Crippen MR) is 166 cm³/mol. The van der Waals surface area contributed by atoms with Gasteiger partial charge in [0.2, 0.25) is 5.13 Å². The average molecular weight is 640 g/mol. The molecular weight excluding hydrogens is 613 g/mol. The smallest absolute Gasteiger partial charge is 0.301 e. The molecule has 8 nitrogen and oxygen atoms in total. The second-order valence-electron chi connectivity index (χ2n) is 9.43. The fourth-order valence-electron chi connectivity index (χ4n) is 4.49. The monoisotopic (exact) mass is 639 g/mol. The number of thioether (sulfide) groups is 1. The molecule has 5 rings (SSSR count). The van der Waals surface area contributed by atoms with E-state index in [1.807, 2.05) is 13.8 Å². The number of ether oxygens (including phenoxy) is 2. The molecule has 0 spiro atoms. The number of aliphatic hydroxyl groups excluding tert-OH is 1. The SMILES string of the molecule is CCCOc1ccc(C2/C(=C(\O)c3ccc(Cl)cc3)C(=O)C(=O)N2c2nnc(SCc3ccc(F)cc3)s2)cc1OCC. The fraction of sp³-hybridized carbons (Fsp3) is 0.226. The molecule has 1 unspecified atom stereocenters. The second-order valence-corrected chi connectivity index (χ2v) is 12.0. The molecule has 1 fully saturated rings. The minimum absolute atomic E-state index is 0.104. The van der Waals surface area contributed by atoms with Crippen LogP contribution < -0.4 is 14.4 Å². The Morgan fingerprint density at radius 3 is 2.47 bits per heavy atom. The molecule has 43 heavy (non-hydrogen) atoms. The van der Waals surface area contributed by atoms with Gasteiger partial charge in [0.1, 0.15) is 11.6 Å². The molecule has 1 aliphatic heterocycles. The van der Waals surface area contributed by atoms with Gasteiger partial charge in [0.25, 0.3) is 5.78 Å². The van der Waals surface area contributed by atoms with E-state index in [2.05, 4.69) is 10.2 Å². The van der Waals surface area contributed by atoms with Crippen molar-refractivity contribution in [3.63, 3.8) is 0 Å². The summed E-state index contributed by atoms with van der Waals surface area (Å²) in [6.07, 6.45) is 0.799. The highest BCUT2D eigenvalue weighted by atomic mass is 35.5. The first-order valence-corrected chi connectivity index (χ1v) is 15.7. The number of rotatable bonds is 11. The fourth-order valence-corrected chi connectivity index (χ4v) is 6.44. The highest BCUT2D eigenvalue weighted by molar-refractivity contribution is 8.00. The van der Waals surface area contributed by atoms with Crippen molar-refractivity contribution in [3.05, 3.63) is 99.8 Å². The van der Waals surface area contributed by atoms with Gasteiger partial charge in [-0.05, 0) is 73.0 Å². The molecular formula is C31H27ClFN3O5S2. The van der Waals surface area contributed by atoms with Gasteiger partial charge in [0.05, 0.1) is 24.8 Å². The number of amides is 1. The Hall–Kier alpha value is -3.93. The van der Waals surface area contributed by atoms with Crippen LogP contribution in [0.1, 0.15) is 43.0 Å². The van der Waals surface area contributed by atoms with E-state index >= 15 is 0 Å². The summed E-state index contributed by atoms with van der Waals surface area (Å²) >= 11 is 8.55. The predicted octanol–water partition coefficient (Wildman–Crippen LogP) is 7.44. The van der Waals surface area contributed by atoms with Crippen LogP contribution in [0.3, 0.4) is 0 Å². The summed E-state index contributed by atoms with van der Waals surface area (Å²) in [4.78, 5) is 28.4. The van der Waals surface area contributed by atoms with Crippen LogP contribution in [0.25, 0.3) is 5.76 Å². The Bertz CT molecular complexity index is 1660. The van der Waals surface area contributed by atoms with Crippen molar-refractivity contribution < 1.29 is 28.6 Å². The molecule has 3 aromatic carbocycles. The van der Waals surface area contributed by atoms with E-state index in [0.29, 0.717) is 51.0 Å². The zero-order valence-electron chi connectivity index (χ0n) is 23.3. The summed E-state index contributed by atoms with van der Waals surface area (Å²) in [7, 11) is 0. The molecule has 12 heteroatoms. The number of nitrogens with zero attached hydrogens (tertiary/aromatic N) is 3. The maximum atomic E-state index is 13.6. The van der Waals surface area contributed by atoms with Gasteiger partial charge in [-0.1, -0.05) is 59.8 Å². The molecule has 222 valence electrons. The third-order valence-electron chi connectivity index (χ3n) is 6.48. The molecule has 1 aromatic heterocycles. The van der Waals surface area contributed by atoms with Crippen molar-refractivity contribution in [2.75, 3.05) is 18.1 Å². The number of aliphatic hydroxyl groups is 1. The number of benzene rings is 3. The first-order chi connectivity index (χ1) is 20.8. The molecule has 2 heterocycles. The van der Waals surface area contributed by atoms with Gasteiger partial charge < -0.3 is 14.6 Å². The molecule has 1 atom stereocenters. The Morgan fingerprint density at radius 2 is 1.77 bits per heavy atom. The Labute approximate surface area is 261 Å². The number of carbonyl (C=O) groups is 2. The van der Waals surface area contributed by atoms with Crippen LogP contribution in [0.15, 0.2) is 76.6 Å². The summed E-state index contributed by atoms with van der Waals surface area (Å²) in [6.45, 7) is 4.68. The zero-order valence-corrected chi connectivity index (χ0v) is 25.6. The lowest BCUT2D eigenvalue weighted by Gasteiger charge is -2.23. The second kappa shape index (κ2) is 13.6. The lowest BCUT2D eigenvalue weighted by Crippen LogP contribution is -2.29. The van der Waals surface area contributed by atoms with Crippen LogP contribution in [0, 0.1) is 5.82 Å². The highest BCUT2D eigenvalue weighted by Gasteiger charge is 2.48. The zero-order chi connectivity index (χ0) is 30.5. The highest BCUT2D eigenvalue weighted by Crippen LogP contribution is 2.45. The van der Waals surface area contributed by atoms with E-state index in [0.717, 1.165) is 23.3 Å². The van der Waals surface area contributed by atoms with E-state index in [-0.39, 0.29) is 22.3 Å². The lowest BCUT2D eigenvalue weighted by molar-refractivity contribution is -0.132. The molecule has 0 aliphatic carbocycles. The third-order valence-corrected chi connectivity index (χ3v) is 8.86. The van der Waals surface area contributed by atoms with Crippen molar-refractivity contribution in [2.45, 2.75) is 36.4 Å². The summed E-state index contributed by atoms with van der Waals surface area (Å²) in [5.41, 5.74) is 1.62. The number of anilines is 1. The minimum Gasteiger partial charge on any atom is -0.507 e. The van der Waals surface area contributed by atoms with Crippen LogP contribution in [-0.4, -0.2) is 40.2 Å². The number of Topliss-reactive ketones (excluding diaryl/α,β-unsaturated/α-hetero) is 1. The average Bonchev–Trinajstić information content (AvgIpc) is 3.58. The molecule has 1 amide bonds. The van der Waals surface area contributed by atoms with Gasteiger partial charge >= 0.3 is 5.91 Å². The van der Waals surface area contributed by atoms with E-state index < -0.39 is 17.7 Å². The third kappa shape index (κ3) is 6.69. The van der Waals surface area contributed by atoms with Gasteiger partial charge in [-0.25, -0.2) is 4.39 Å². The minimum atomic E-state index is -1.03. The van der Waals surface area contributed by atoms with E-state index in [1.54, 1.807) is 54.6 Å². The summed E-state index contributed by atoms with van der Waals surface area (Å²) < 4.78 is 25.5. The van der Waals surface area contributed by atoms with E-state index in [1.165, 1.54) is 28.8 Å². The van der Waals surface area contributed by atoms with Crippen molar-refractivity contribution >= 4 is 57.3 Å². The normalized spacial score (nSPS) is 16.1. The lowest BCUT2D eigenvalue weighted by atomic mass is 9.95. The first kappa shape index (κ1) is 30.5. The first-order valence-electron chi connectivity index (χ1n) is 13.5. The van der Waals surface area contributed by atoms with Crippen LogP contribution >= 0.6 is 34.7 Å².